The first kappa shape index (κ1) is 15.8. The maximum Gasteiger partial charge on any atom is 0.248 e. The number of nitrogens with zero attached hydrogens (tertiary/aromatic N) is 3. The van der Waals surface area contributed by atoms with E-state index in [2.05, 4.69) is 20.3 Å². The van der Waals surface area contributed by atoms with Crippen LogP contribution < -0.4 is 10.1 Å². The Balaban J connectivity index is 1.63. The lowest BCUT2D eigenvalue weighted by Gasteiger charge is -2.06. The average Bonchev–Trinajstić information content (AvgIpc) is 3.00. The number of aryl methyl sites for hydroxylation is 1. The molecule has 0 aliphatic rings. The Bertz CT molecular complexity index is 862. The summed E-state index contributed by atoms with van der Waals surface area (Å²) in [6.45, 7) is 1.92. The van der Waals surface area contributed by atoms with Crippen LogP contribution in [0.15, 0.2) is 54.3 Å². The first-order valence-corrected chi connectivity index (χ1v) is 8.02. The monoisotopic (exact) mass is 338 g/mol. The molecule has 1 aromatic carbocycles. The van der Waals surface area contributed by atoms with Crippen LogP contribution in [0.2, 0.25) is 0 Å². The Morgan fingerprint density at radius 3 is 3.00 bits per heavy atom. The van der Waals surface area contributed by atoms with Gasteiger partial charge in [0, 0.05) is 35.6 Å². The van der Waals surface area contributed by atoms with Crippen molar-refractivity contribution in [2.45, 2.75) is 6.92 Å². The molecule has 7 heteroatoms. The molecule has 0 atom stereocenters. The standard InChI is InChI=1S/C17H14N4O2S/c1-12-20-14(11-24-12)5-6-16(22)21-13-3-2-4-15(9-13)23-17-10-18-7-8-19-17/h2-11H,1H3,(H,21,22). The molecule has 120 valence electrons. The number of nitrogens with one attached hydrogen (secondary N) is 1. The molecule has 1 N–H and O–H groups in total. The molecule has 0 bridgehead atoms. The van der Waals surface area contributed by atoms with E-state index >= 15 is 0 Å². The second-order valence-corrected chi connectivity index (χ2v) is 5.85. The molecule has 0 spiro atoms. The number of hydrogen-bond acceptors (Lipinski definition) is 6. The third-order valence-electron chi connectivity index (χ3n) is 2.91. The Kier molecular flexibility index (Phi) is 4.93. The van der Waals surface area contributed by atoms with E-state index in [1.165, 1.54) is 12.3 Å². The van der Waals surface area contributed by atoms with Crippen molar-refractivity contribution in [3.63, 3.8) is 0 Å². The zero-order valence-corrected chi connectivity index (χ0v) is 13.7. The van der Waals surface area contributed by atoms with Crippen LogP contribution in [-0.4, -0.2) is 20.9 Å². The summed E-state index contributed by atoms with van der Waals surface area (Å²) in [7, 11) is 0. The number of benzene rings is 1. The third kappa shape index (κ3) is 4.47. The van der Waals surface area contributed by atoms with Crippen molar-refractivity contribution >= 4 is 29.0 Å². The lowest BCUT2D eigenvalue weighted by molar-refractivity contribution is -0.111. The van der Waals surface area contributed by atoms with E-state index in [0.29, 0.717) is 17.3 Å². The summed E-state index contributed by atoms with van der Waals surface area (Å²) in [6.07, 6.45) is 7.76. The normalized spacial score (nSPS) is 10.7. The van der Waals surface area contributed by atoms with Crippen LogP contribution in [0.5, 0.6) is 11.6 Å². The number of anilines is 1. The van der Waals surface area contributed by atoms with Gasteiger partial charge in [-0.05, 0) is 25.1 Å². The van der Waals surface area contributed by atoms with Gasteiger partial charge < -0.3 is 10.1 Å². The molecule has 0 aliphatic carbocycles. The predicted molar refractivity (Wildman–Crippen MR) is 93.1 cm³/mol. The van der Waals surface area contributed by atoms with Crippen molar-refractivity contribution in [1.29, 1.82) is 0 Å². The van der Waals surface area contributed by atoms with Gasteiger partial charge in [0.25, 0.3) is 0 Å². The van der Waals surface area contributed by atoms with Gasteiger partial charge in [0.1, 0.15) is 5.75 Å². The van der Waals surface area contributed by atoms with Crippen molar-refractivity contribution < 1.29 is 9.53 Å². The fraction of sp³-hybridized carbons (Fsp3) is 0.0588. The maximum atomic E-state index is 12.0. The minimum absolute atomic E-state index is 0.239. The first-order chi connectivity index (χ1) is 11.7. The Labute approximate surface area is 142 Å². The molecule has 3 rings (SSSR count). The molecule has 0 radical (unpaired) electrons. The van der Waals surface area contributed by atoms with Crippen molar-refractivity contribution in [3.8, 4) is 11.6 Å². The fourth-order valence-electron chi connectivity index (χ4n) is 1.90. The van der Waals surface area contributed by atoms with Gasteiger partial charge in [0.15, 0.2) is 0 Å². The molecule has 0 unspecified atom stereocenters. The largest absolute Gasteiger partial charge is 0.437 e. The zero-order chi connectivity index (χ0) is 16.8. The minimum Gasteiger partial charge on any atom is -0.437 e. The number of amides is 1. The molecule has 6 nitrogen and oxygen atoms in total. The van der Waals surface area contributed by atoms with Crippen molar-refractivity contribution in [2.24, 2.45) is 0 Å². The average molecular weight is 338 g/mol. The highest BCUT2D eigenvalue weighted by Gasteiger charge is 2.03. The molecule has 2 aromatic heterocycles. The highest BCUT2D eigenvalue weighted by Crippen LogP contribution is 2.22. The molecule has 1 amide bonds. The van der Waals surface area contributed by atoms with E-state index in [9.17, 15) is 4.79 Å². The van der Waals surface area contributed by atoms with Crippen molar-refractivity contribution in [1.82, 2.24) is 15.0 Å². The van der Waals surface area contributed by atoms with Gasteiger partial charge in [-0.3, -0.25) is 9.78 Å². The van der Waals surface area contributed by atoms with Crippen LogP contribution >= 0.6 is 11.3 Å². The minimum atomic E-state index is -0.239. The van der Waals surface area contributed by atoms with E-state index in [1.807, 2.05) is 12.3 Å². The van der Waals surface area contributed by atoms with Crippen LogP contribution in [0.3, 0.4) is 0 Å². The highest BCUT2D eigenvalue weighted by atomic mass is 32.1. The van der Waals surface area contributed by atoms with Crippen LogP contribution in [0.4, 0.5) is 5.69 Å². The number of rotatable bonds is 5. The van der Waals surface area contributed by atoms with Crippen LogP contribution in [0, 0.1) is 6.92 Å². The highest BCUT2D eigenvalue weighted by molar-refractivity contribution is 7.09. The number of carbonyl (C=O) groups excluding carboxylic acids is 1. The van der Waals surface area contributed by atoms with Gasteiger partial charge in [-0.15, -0.1) is 11.3 Å². The summed E-state index contributed by atoms with van der Waals surface area (Å²) in [6, 6.07) is 7.06. The SMILES string of the molecule is Cc1nc(C=CC(=O)Nc2cccc(Oc3cnccn3)c2)cs1. The number of aromatic nitrogens is 3. The molecule has 3 aromatic rings. The van der Waals surface area contributed by atoms with Crippen molar-refractivity contribution in [2.75, 3.05) is 5.32 Å². The van der Waals surface area contributed by atoms with Crippen LogP contribution in [0.1, 0.15) is 10.7 Å². The van der Waals surface area contributed by atoms with Gasteiger partial charge in [-0.2, -0.15) is 0 Å². The smallest absolute Gasteiger partial charge is 0.248 e. The van der Waals surface area contributed by atoms with Gasteiger partial charge in [-0.25, -0.2) is 9.97 Å². The Morgan fingerprint density at radius 2 is 2.25 bits per heavy atom. The number of ether oxygens (including phenoxy) is 1. The second kappa shape index (κ2) is 7.47. The van der Waals surface area contributed by atoms with E-state index in [4.69, 9.17) is 4.74 Å². The summed E-state index contributed by atoms with van der Waals surface area (Å²) in [5, 5.41) is 5.64. The van der Waals surface area contributed by atoms with E-state index in [0.717, 1.165) is 10.7 Å². The summed E-state index contributed by atoms with van der Waals surface area (Å²) in [5.74, 6) is 0.712. The zero-order valence-electron chi connectivity index (χ0n) is 12.8. The lowest BCUT2D eigenvalue weighted by Crippen LogP contribution is -2.07. The molecule has 0 fully saturated rings. The Morgan fingerprint density at radius 1 is 1.33 bits per heavy atom. The number of carbonyl (C=O) groups is 1. The maximum absolute atomic E-state index is 12.0. The Hall–Kier alpha value is -3.06. The van der Waals surface area contributed by atoms with E-state index in [1.54, 1.807) is 54.1 Å². The summed E-state index contributed by atoms with van der Waals surface area (Å²) >= 11 is 1.54. The molecule has 0 saturated carbocycles. The van der Waals surface area contributed by atoms with Gasteiger partial charge in [0.05, 0.1) is 16.9 Å². The van der Waals surface area contributed by atoms with E-state index in [-0.39, 0.29) is 5.91 Å². The van der Waals surface area contributed by atoms with Gasteiger partial charge >= 0.3 is 0 Å². The second-order valence-electron chi connectivity index (χ2n) is 4.79. The number of thiazole rings is 1. The quantitative estimate of drug-likeness (QED) is 0.718. The molecule has 0 aliphatic heterocycles. The molecular weight excluding hydrogens is 324 g/mol. The van der Waals surface area contributed by atoms with Gasteiger partial charge in [-0.1, -0.05) is 6.07 Å². The lowest BCUT2D eigenvalue weighted by atomic mass is 10.3. The fourth-order valence-corrected chi connectivity index (χ4v) is 2.48. The molecular formula is C17H14N4O2S. The van der Waals surface area contributed by atoms with E-state index < -0.39 is 0 Å². The van der Waals surface area contributed by atoms with Crippen LogP contribution in [0.25, 0.3) is 6.08 Å². The topological polar surface area (TPSA) is 77.0 Å². The summed E-state index contributed by atoms with van der Waals surface area (Å²) in [5.41, 5.74) is 1.40. The molecule has 24 heavy (non-hydrogen) atoms. The summed E-state index contributed by atoms with van der Waals surface area (Å²) < 4.78 is 5.58. The van der Waals surface area contributed by atoms with Crippen molar-refractivity contribution in [3.05, 3.63) is 65.0 Å². The third-order valence-corrected chi connectivity index (χ3v) is 3.70. The van der Waals surface area contributed by atoms with Gasteiger partial charge in [0.2, 0.25) is 11.8 Å². The summed E-state index contributed by atoms with van der Waals surface area (Å²) in [4.78, 5) is 24.2. The first-order valence-electron chi connectivity index (χ1n) is 7.14. The molecule has 2 heterocycles. The number of hydrogen-bond donors (Lipinski definition) is 1. The van der Waals surface area contributed by atoms with Crippen LogP contribution in [-0.2, 0) is 4.79 Å². The molecule has 0 saturated heterocycles. The predicted octanol–water partition coefficient (Wildman–Crippen LogP) is 3.69.